The van der Waals surface area contributed by atoms with Gasteiger partial charge in [0.05, 0.1) is 12.2 Å². The first-order chi connectivity index (χ1) is 16.0. The van der Waals surface area contributed by atoms with Gasteiger partial charge in [-0.3, -0.25) is 14.3 Å². The van der Waals surface area contributed by atoms with Gasteiger partial charge < -0.3 is 10.6 Å². The van der Waals surface area contributed by atoms with Crippen LogP contribution in [0.2, 0.25) is 0 Å². The summed E-state index contributed by atoms with van der Waals surface area (Å²) in [7, 11) is 0. The van der Waals surface area contributed by atoms with Gasteiger partial charge in [-0.25, -0.2) is 0 Å². The Morgan fingerprint density at radius 3 is 2.44 bits per heavy atom. The van der Waals surface area contributed by atoms with Gasteiger partial charge in [-0.1, -0.05) is 35.9 Å². The molecule has 0 fully saturated rings. The summed E-state index contributed by atoms with van der Waals surface area (Å²) in [4.78, 5) is 24.3. The third-order valence-electron chi connectivity index (χ3n) is 5.13. The van der Waals surface area contributed by atoms with E-state index in [1.807, 2.05) is 49.7 Å². The lowest BCUT2D eigenvalue weighted by Gasteiger charge is -2.09. The molecule has 0 aliphatic heterocycles. The van der Waals surface area contributed by atoms with E-state index in [-0.39, 0.29) is 11.3 Å². The Hall–Kier alpha value is -3.88. The van der Waals surface area contributed by atoms with Gasteiger partial charge in [0.25, 0.3) is 5.91 Å². The number of amides is 2. The minimum atomic E-state index is -4.50. The number of halogens is 3. The molecule has 34 heavy (non-hydrogen) atoms. The van der Waals surface area contributed by atoms with Crippen LogP contribution in [-0.2, 0) is 11.3 Å². The molecule has 0 radical (unpaired) electrons. The Labute approximate surface area is 195 Å². The molecule has 3 aromatic rings. The van der Waals surface area contributed by atoms with Crippen molar-refractivity contribution in [2.75, 3.05) is 11.9 Å². The zero-order valence-electron chi connectivity index (χ0n) is 19.0. The maximum atomic E-state index is 12.4. The smallest absolute Gasteiger partial charge is 0.343 e. The normalized spacial score (nSPS) is 11.6. The fraction of sp³-hybridized carbons (Fsp3) is 0.240. The van der Waals surface area contributed by atoms with Crippen LogP contribution in [0.4, 0.5) is 18.9 Å². The molecule has 6 nitrogen and oxygen atoms in total. The van der Waals surface area contributed by atoms with E-state index in [1.54, 1.807) is 17.5 Å². The van der Waals surface area contributed by atoms with Crippen molar-refractivity contribution >= 4 is 23.6 Å². The third kappa shape index (κ3) is 6.81. The number of hydrogen-bond acceptors (Lipinski definition) is 3. The van der Waals surface area contributed by atoms with E-state index >= 15 is 0 Å². The standard InChI is InChI=1S/C25H25F3N4O2/c1-16-7-9-19(10-8-16)14-32-18(3)22(17(2)31-32)11-12-23(33)30-21-6-4-5-20(13-21)24(34)29-15-25(26,27)28/h4-13H,14-15H2,1-3H3,(H,29,34)(H,30,33)/b12-11+. The SMILES string of the molecule is Cc1ccc(Cn2nc(C)c(/C=C/C(=O)Nc3cccc(C(=O)NCC(F)(F)F)c3)c2C)cc1. The molecule has 0 unspecified atom stereocenters. The highest BCUT2D eigenvalue weighted by Crippen LogP contribution is 2.18. The van der Waals surface area contributed by atoms with E-state index in [1.165, 1.54) is 29.8 Å². The monoisotopic (exact) mass is 470 g/mol. The highest BCUT2D eigenvalue weighted by atomic mass is 19.4. The van der Waals surface area contributed by atoms with E-state index in [4.69, 9.17) is 0 Å². The number of anilines is 1. The molecule has 2 amide bonds. The molecule has 0 saturated heterocycles. The second-order valence-corrected chi connectivity index (χ2v) is 7.93. The van der Waals surface area contributed by atoms with E-state index in [0.717, 1.165) is 22.5 Å². The van der Waals surface area contributed by atoms with Crippen molar-refractivity contribution < 1.29 is 22.8 Å². The minimum Gasteiger partial charge on any atom is -0.343 e. The molecule has 1 aromatic heterocycles. The fourth-order valence-corrected chi connectivity index (χ4v) is 3.34. The van der Waals surface area contributed by atoms with Crippen molar-refractivity contribution in [3.8, 4) is 0 Å². The summed E-state index contributed by atoms with van der Waals surface area (Å²) in [6.07, 6.45) is -1.49. The Bertz CT molecular complexity index is 1210. The van der Waals surface area contributed by atoms with Gasteiger partial charge in [0, 0.05) is 28.6 Å². The van der Waals surface area contributed by atoms with Crippen LogP contribution >= 0.6 is 0 Å². The summed E-state index contributed by atoms with van der Waals surface area (Å²) < 4.78 is 38.8. The van der Waals surface area contributed by atoms with Gasteiger partial charge in [-0.05, 0) is 50.6 Å². The van der Waals surface area contributed by atoms with Gasteiger partial charge in [0.15, 0.2) is 0 Å². The van der Waals surface area contributed by atoms with Crippen molar-refractivity contribution in [3.63, 3.8) is 0 Å². The second-order valence-electron chi connectivity index (χ2n) is 7.93. The van der Waals surface area contributed by atoms with Gasteiger partial charge in [-0.15, -0.1) is 0 Å². The van der Waals surface area contributed by atoms with Crippen LogP contribution in [0.25, 0.3) is 6.08 Å². The van der Waals surface area contributed by atoms with Gasteiger partial charge in [-0.2, -0.15) is 18.3 Å². The number of nitrogens with one attached hydrogen (secondary N) is 2. The Morgan fingerprint density at radius 2 is 1.76 bits per heavy atom. The summed E-state index contributed by atoms with van der Waals surface area (Å²) in [5.41, 5.74) is 5.10. The lowest BCUT2D eigenvalue weighted by Crippen LogP contribution is -2.33. The molecule has 2 N–H and O–H groups in total. The highest BCUT2D eigenvalue weighted by Gasteiger charge is 2.27. The summed E-state index contributed by atoms with van der Waals surface area (Å²) in [6, 6.07) is 13.9. The molecular weight excluding hydrogens is 445 g/mol. The van der Waals surface area contributed by atoms with E-state index < -0.39 is 24.5 Å². The molecule has 3 rings (SSSR count). The number of aromatic nitrogens is 2. The molecule has 0 bridgehead atoms. The van der Waals surface area contributed by atoms with Crippen LogP contribution in [0.1, 0.15) is 38.4 Å². The first-order valence-electron chi connectivity index (χ1n) is 10.6. The summed E-state index contributed by atoms with van der Waals surface area (Å²) in [5, 5.41) is 8.98. The lowest BCUT2D eigenvalue weighted by atomic mass is 10.1. The Kier molecular flexibility index (Phi) is 7.55. The molecule has 0 saturated carbocycles. The second kappa shape index (κ2) is 10.4. The zero-order chi connectivity index (χ0) is 24.9. The average molecular weight is 470 g/mol. The minimum absolute atomic E-state index is 0.00935. The maximum absolute atomic E-state index is 12.4. The van der Waals surface area contributed by atoms with E-state index in [2.05, 4.69) is 10.4 Å². The number of hydrogen-bond donors (Lipinski definition) is 2. The topological polar surface area (TPSA) is 76.0 Å². The summed E-state index contributed by atoms with van der Waals surface area (Å²) >= 11 is 0. The van der Waals surface area contributed by atoms with Crippen molar-refractivity contribution in [2.45, 2.75) is 33.5 Å². The van der Waals surface area contributed by atoms with Crippen molar-refractivity contribution in [1.29, 1.82) is 0 Å². The fourth-order valence-electron chi connectivity index (χ4n) is 3.34. The number of alkyl halides is 3. The highest BCUT2D eigenvalue weighted by molar-refractivity contribution is 6.03. The maximum Gasteiger partial charge on any atom is 0.405 e. The van der Waals surface area contributed by atoms with Crippen molar-refractivity contribution in [3.05, 3.63) is 88.2 Å². The number of rotatable bonds is 7. The number of nitrogens with zero attached hydrogens (tertiary/aromatic N) is 2. The predicted octanol–water partition coefficient (Wildman–Crippen LogP) is 4.80. The van der Waals surface area contributed by atoms with E-state index in [0.29, 0.717) is 6.54 Å². The number of carbonyl (C=O) groups excluding carboxylic acids is 2. The van der Waals surface area contributed by atoms with Crippen LogP contribution < -0.4 is 10.6 Å². The molecule has 1 heterocycles. The molecule has 0 spiro atoms. The van der Waals surface area contributed by atoms with Gasteiger partial charge in [0.2, 0.25) is 5.91 Å². The molecule has 0 aliphatic carbocycles. The van der Waals surface area contributed by atoms with Crippen LogP contribution in [-0.4, -0.2) is 34.3 Å². The predicted molar refractivity (Wildman–Crippen MR) is 124 cm³/mol. The first kappa shape index (κ1) is 24.8. The van der Waals surface area contributed by atoms with E-state index in [9.17, 15) is 22.8 Å². The zero-order valence-corrected chi connectivity index (χ0v) is 19.0. The van der Waals surface area contributed by atoms with Gasteiger partial charge >= 0.3 is 6.18 Å². The van der Waals surface area contributed by atoms with Crippen molar-refractivity contribution in [2.24, 2.45) is 0 Å². The quantitative estimate of drug-likeness (QED) is 0.487. The molecular formula is C25H25F3N4O2. The van der Waals surface area contributed by atoms with Crippen LogP contribution in [0.3, 0.4) is 0 Å². The molecule has 0 aliphatic rings. The van der Waals surface area contributed by atoms with Crippen molar-refractivity contribution in [1.82, 2.24) is 15.1 Å². The number of aryl methyl sites for hydroxylation is 2. The third-order valence-corrected chi connectivity index (χ3v) is 5.13. The average Bonchev–Trinajstić information content (AvgIpc) is 3.04. The lowest BCUT2D eigenvalue weighted by molar-refractivity contribution is -0.123. The molecule has 2 aromatic carbocycles. The summed E-state index contributed by atoms with van der Waals surface area (Å²) in [5.74, 6) is -1.32. The van der Waals surface area contributed by atoms with Crippen LogP contribution in [0.5, 0.6) is 0 Å². The molecule has 0 atom stereocenters. The number of carbonyl (C=O) groups is 2. The molecule has 178 valence electrons. The van der Waals surface area contributed by atoms with Gasteiger partial charge in [0.1, 0.15) is 6.54 Å². The largest absolute Gasteiger partial charge is 0.405 e. The first-order valence-corrected chi connectivity index (χ1v) is 10.6. The number of benzene rings is 2. The summed E-state index contributed by atoms with van der Waals surface area (Å²) in [6.45, 7) is 4.99. The molecule has 9 heteroatoms. The van der Waals surface area contributed by atoms with Crippen LogP contribution in [0.15, 0.2) is 54.6 Å². The Balaban J connectivity index is 1.66. The Morgan fingerprint density at radius 1 is 1.06 bits per heavy atom. The van der Waals surface area contributed by atoms with Crippen LogP contribution in [0, 0.1) is 20.8 Å².